The van der Waals surface area contributed by atoms with Gasteiger partial charge in [0.05, 0.1) is 22.2 Å². The largest absolute Gasteiger partial charge is 0.353 e. The molecule has 0 bridgehead atoms. The van der Waals surface area contributed by atoms with Crippen molar-refractivity contribution in [3.8, 4) is 6.07 Å². The summed E-state index contributed by atoms with van der Waals surface area (Å²) in [5.74, 6) is -0.320. The molecule has 2 heterocycles. The number of amides is 1. The van der Waals surface area contributed by atoms with E-state index in [-0.39, 0.29) is 10.6 Å². The lowest BCUT2D eigenvalue weighted by molar-refractivity contribution is 0.0742. The second-order valence-corrected chi connectivity index (χ2v) is 5.80. The predicted molar refractivity (Wildman–Crippen MR) is 88.5 cm³/mol. The molecular weight excluding hydrogens is 331 g/mol. The summed E-state index contributed by atoms with van der Waals surface area (Å²) in [6.07, 6.45) is 1.59. The Kier molecular flexibility index (Phi) is 4.63. The first-order chi connectivity index (χ1) is 11.6. The van der Waals surface area contributed by atoms with Gasteiger partial charge in [-0.25, -0.2) is 9.37 Å². The number of hydrogen-bond acceptors (Lipinski definition) is 4. The Balaban J connectivity index is 1.71. The number of benzene rings is 1. The Labute approximate surface area is 143 Å². The van der Waals surface area contributed by atoms with E-state index in [1.807, 2.05) is 4.90 Å². The number of hydrogen-bond donors (Lipinski definition) is 0. The lowest BCUT2D eigenvalue weighted by Crippen LogP contribution is -2.49. The lowest BCUT2D eigenvalue weighted by Gasteiger charge is -2.35. The molecule has 1 aliphatic rings. The van der Waals surface area contributed by atoms with Crippen LogP contribution in [0, 0.1) is 17.1 Å². The molecule has 122 valence electrons. The second kappa shape index (κ2) is 6.85. The maximum absolute atomic E-state index is 13.9. The van der Waals surface area contributed by atoms with Crippen molar-refractivity contribution in [3.63, 3.8) is 0 Å². The smallest absolute Gasteiger partial charge is 0.258 e. The van der Waals surface area contributed by atoms with Crippen molar-refractivity contribution in [1.82, 2.24) is 9.88 Å². The molecule has 1 amide bonds. The van der Waals surface area contributed by atoms with Gasteiger partial charge in [0, 0.05) is 32.4 Å². The summed E-state index contributed by atoms with van der Waals surface area (Å²) in [7, 11) is 0. The molecule has 0 radical (unpaired) electrons. The third kappa shape index (κ3) is 3.17. The third-order valence-corrected chi connectivity index (χ3v) is 4.26. The highest BCUT2D eigenvalue weighted by atomic mass is 35.5. The second-order valence-electron chi connectivity index (χ2n) is 5.39. The van der Waals surface area contributed by atoms with Gasteiger partial charge in [0.25, 0.3) is 5.91 Å². The van der Waals surface area contributed by atoms with Crippen LogP contribution in [0.15, 0.2) is 36.5 Å². The Morgan fingerprint density at radius 1 is 1.25 bits per heavy atom. The van der Waals surface area contributed by atoms with E-state index in [0.717, 1.165) is 0 Å². The summed E-state index contributed by atoms with van der Waals surface area (Å²) < 4.78 is 13.9. The van der Waals surface area contributed by atoms with Gasteiger partial charge in [-0.3, -0.25) is 4.79 Å². The number of piperazine rings is 1. The predicted octanol–water partition coefficient (Wildman–Crippen LogP) is 2.71. The normalized spacial score (nSPS) is 14.4. The van der Waals surface area contributed by atoms with Crippen molar-refractivity contribution in [2.24, 2.45) is 0 Å². The van der Waals surface area contributed by atoms with Crippen LogP contribution in [0.5, 0.6) is 0 Å². The summed E-state index contributed by atoms with van der Waals surface area (Å²) in [6, 6.07) is 9.64. The lowest BCUT2D eigenvalue weighted by atomic mass is 10.1. The number of aromatic nitrogens is 1. The minimum Gasteiger partial charge on any atom is -0.353 e. The van der Waals surface area contributed by atoms with Crippen LogP contribution in [0.4, 0.5) is 10.2 Å². The first-order valence-electron chi connectivity index (χ1n) is 7.44. The Morgan fingerprint density at radius 3 is 2.67 bits per heavy atom. The SMILES string of the molecule is N#Cc1ccnc(N2CCN(C(=O)c3c(F)cccc3Cl)CC2)c1. The molecule has 5 nitrogen and oxygen atoms in total. The fraction of sp³-hybridized carbons (Fsp3) is 0.235. The number of carbonyl (C=O) groups is 1. The third-order valence-electron chi connectivity index (χ3n) is 3.94. The van der Waals surface area contributed by atoms with Gasteiger partial charge in [-0.05, 0) is 24.3 Å². The van der Waals surface area contributed by atoms with Crippen molar-refractivity contribution in [1.29, 1.82) is 5.26 Å². The van der Waals surface area contributed by atoms with E-state index in [2.05, 4.69) is 11.1 Å². The number of anilines is 1. The highest BCUT2D eigenvalue weighted by Gasteiger charge is 2.26. The fourth-order valence-corrected chi connectivity index (χ4v) is 2.90. The van der Waals surface area contributed by atoms with Gasteiger partial charge in [-0.2, -0.15) is 5.26 Å². The number of halogens is 2. The molecule has 1 aromatic carbocycles. The van der Waals surface area contributed by atoms with Gasteiger partial charge < -0.3 is 9.80 Å². The van der Waals surface area contributed by atoms with E-state index in [9.17, 15) is 9.18 Å². The Hall–Kier alpha value is -2.65. The topological polar surface area (TPSA) is 60.2 Å². The molecule has 0 aliphatic carbocycles. The van der Waals surface area contributed by atoms with Gasteiger partial charge in [-0.1, -0.05) is 17.7 Å². The summed E-state index contributed by atoms with van der Waals surface area (Å²) in [4.78, 5) is 20.3. The van der Waals surface area contributed by atoms with E-state index in [1.54, 1.807) is 23.2 Å². The van der Waals surface area contributed by atoms with Crippen molar-refractivity contribution >= 4 is 23.3 Å². The number of nitrogens with zero attached hydrogens (tertiary/aromatic N) is 4. The molecule has 1 aliphatic heterocycles. The molecule has 1 saturated heterocycles. The maximum atomic E-state index is 13.9. The maximum Gasteiger partial charge on any atom is 0.258 e. The first-order valence-corrected chi connectivity index (χ1v) is 7.82. The highest BCUT2D eigenvalue weighted by molar-refractivity contribution is 6.33. The average Bonchev–Trinajstić information content (AvgIpc) is 2.61. The van der Waals surface area contributed by atoms with Crippen molar-refractivity contribution in [2.75, 3.05) is 31.1 Å². The number of nitriles is 1. The molecule has 24 heavy (non-hydrogen) atoms. The van der Waals surface area contributed by atoms with E-state index in [4.69, 9.17) is 16.9 Å². The van der Waals surface area contributed by atoms with Crippen LogP contribution in [0.1, 0.15) is 15.9 Å². The summed E-state index contributed by atoms with van der Waals surface area (Å²) >= 11 is 5.96. The van der Waals surface area contributed by atoms with Crippen LogP contribution in [-0.2, 0) is 0 Å². The molecule has 1 fully saturated rings. The minimum atomic E-state index is -0.613. The van der Waals surface area contributed by atoms with Crippen LogP contribution >= 0.6 is 11.6 Å². The molecule has 0 spiro atoms. The minimum absolute atomic E-state index is 0.0859. The van der Waals surface area contributed by atoms with Crippen LogP contribution in [0.25, 0.3) is 0 Å². The summed E-state index contributed by atoms with van der Waals surface area (Å²) in [6.45, 7) is 1.98. The van der Waals surface area contributed by atoms with Crippen molar-refractivity contribution < 1.29 is 9.18 Å². The number of rotatable bonds is 2. The molecule has 0 N–H and O–H groups in total. The van der Waals surface area contributed by atoms with Crippen LogP contribution in [0.3, 0.4) is 0 Å². The van der Waals surface area contributed by atoms with E-state index in [0.29, 0.717) is 37.6 Å². The highest BCUT2D eigenvalue weighted by Crippen LogP contribution is 2.22. The standard InChI is InChI=1S/C17H14ClFN4O/c18-13-2-1-3-14(19)16(13)17(24)23-8-6-22(7-9-23)15-10-12(11-20)4-5-21-15/h1-5,10H,6-9H2. The van der Waals surface area contributed by atoms with Crippen molar-refractivity contribution in [3.05, 3.63) is 58.5 Å². The zero-order valence-electron chi connectivity index (χ0n) is 12.7. The molecule has 0 unspecified atom stereocenters. The molecule has 0 saturated carbocycles. The zero-order chi connectivity index (χ0) is 17.1. The summed E-state index contributed by atoms with van der Waals surface area (Å²) in [5, 5.41) is 9.07. The van der Waals surface area contributed by atoms with E-state index >= 15 is 0 Å². The quantitative estimate of drug-likeness (QED) is 0.840. The van der Waals surface area contributed by atoms with Gasteiger partial charge in [0.1, 0.15) is 11.6 Å². The molecule has 1 aromatic heterocycles. The Bertz CT molecular complexity index is 792. The van der Waals surface area contributed by atoms with E-state index in [1.165, 1.54) is 18.2 Å². The molecule has 3 rings (SSSR count). The first kappa shape index (κ1) is 16.2. The molecule has 7 heteroatoms. The van der Waals surface area contributed by atoms with Crippen LogP contribution in [-0.4, -0.2) is 42.0 Å². The molecular formula is C17H14ClFN4O. The van der Waals surface area contributed by atoms with Gasteiger partial charge in [0.15, 0.2) is 0 Å². The van der Waals surface area contributed by atoms with Crippen LogP contribution in [0.2, 0.25) is 5.02 Å². The summed E-state index contributed by atoms with van der Waals surface area (Å²) in [5.41, 5.74) is 0.453. The average molecular weight is 345 g/mol. The van der Waals surface area contributed by atoms with Crippen molar-refractivity contribution in [2.45, 2.75) is 0 Å². The fourth-order valence-electron chi connectivity index (χ4n) is 2.66. The molecule has 2 aromatic rings. The number of pyridine rings is 1. The van der Waals surface area contributed by atoms with Gasteiger partial charge in [0.2, 0.25) is 0 Å². The molecule has 0 atom stereocenters. The monoisotopic (exact) mass is 344 g/mol. The zero-order valence-corrected chi connectivity index (χ0v) is 13.5. The van der Waals surface area contributed by atoms with Gasteiger partial charge >= 0.3 is 0 Å². The van der Waals surface area contributed by atoms with Gasteiger partial charge in [-0.15, -0.1) is 0 Å². The van der Waals surface area contributed by atoms with Crippen LogP contribution < -0.4 is 4.90 Å². The van der Waals surface area contributed by atoms with E-state index < -0.39 is 11.7 Å². The Morgan fingerprint density at radius 2 is 2.00 bits per heavy atom. The number of carbonyl (C=O) groups excluding carboxylic acids is 1.